The van der Waals surface area contributed by atoms with Crippen molar-refractivity contribution in [2.45, 2.75) is 20.3 Å². The molecule has 0 aliphatic rings. The molecule has 0 radical (unpaired) electrons. The zero-order chi connectivity index (χ0) is 11.5. The van der Waals surface area contributed by atoms with Gasteiger partial charge in [-0.1, -0.05) is 10.3 Å². The summed E-state index contributed by atoms with van der Waals surface area (Å²) < 4.78 is 9.62. The van der Waals surface area contributed by atoms with E-state index in [-0.39, 0.29) is 18.2 Å². The van der Waals surface area contributed by atoms with Gasteiger partial charge in [-0.05, 0) is 13.8 Å². The van der Waals surface area contributed by atoms with Crippen LogP contribution in [0.15, 0.2) is 15.1 Å². The second-order valence-electron chi connectivity index (χ2n) is 3.28. The standard InChI is InChI=1S/C9H10N4O3/c1-5-3-7(13-15-5)11-8(14)4-9-10-6(2)12-16-9/h3H,4H2,1-2H3,(H,11,13,14). The highest BCUT2D eigenvalue weighted by molar-refractivity contribution is 5.90. The molecule has 0 aliphatic carbocycles. The summed E-state index contributed by atoms with van der Waals surface area (Å²) in [5.74, 6) is 1.50. The zero-order valence-electron chi connectivity index (χ0n) is 8.85. The first kappa shape index (κ1) is 10.3. The number of hydrogen-bond donors (Lipinski definition) is 1. The molecule has 1 amide bonds. The van der Waals surface area contributed by atoms with Crippen molar-refractivity contribution in [3.8, 4) is 0 Å². The van der Waals surface area contributed by atoms with Gasteiger partial charge in [-0.15, -0.1) is 0 Å². The number of nitrogens with zero attached hydrogens (tertiary/aromatic N) is 3. The number of hydrogen-bond acceptors (Lipinski definition) is 6. The maximum Gasteiger partial charge on any atom is 0.236 e. The summed E-state index contributed by atoms with van der Waals surface area (Å²) in [5, 5.41) is 9.76. The van der Waals surface area contributed by atoms with E-state index in [0.29, 0.717) is 17.4 Å². The third kappa shape index (κ3) is 2.44. The van der Waals surface area contributed by atoms with Crippen molar-refractivity contribution in [2.24, 2.45) is 0 Å². The fourth-order valence-electron chi connectivity index (χ4n) is 1.16. The summed E-state index contributed by atoms with van der Waals surface area (Å²) in [6.45, 7) is 3.43. The lowest BCUT2D eigenvalue weighted by molar-refractivity contribution is -0.116. The predicted octanol–water partition coefficient (Wildman–Crippen LogP) is 0.856. The maximum atomic E-state index is 11.5. The monoisotopic (exact) mass is 222 g/mol. The topological polar surface area (TPSA) is 94.1 Å². The molecule has 0 aliphatic heterocycles. The fourth-order valence-corrected chi connectivity index (χ4v) is 1.16. The molecule has 0 atom stereocenters. The van der Waals surface area contributed by atoms with E-state index >= 15 is 0 Å². The van der Waals surface area contributed by atoms with E-state index in [4.69, 9.17) is 9.05 Å². The van der Waals surface area contributed by atoms with Crippen LogP contribution < -0.4 is 5.32 Å². The number of aryl methyl sites for hydroxylation is 2. The van der Waals surface area contributed by atoms with E-state index in [0.717, 1.165) is 0 Å². The molecule has 0 aromatic carbocycles. The number of anilines is 1. The number of aromatic nitrogens is 3. The van der Waals surface area contributed by atoms with Crippen molar-refractivity contribution in [3.05, 3.63) is 23.5 Å². The van der Waals surface area contributed by atoms with E-state index in [9.17, 15) is 4.79 Å². The lowest BCUT2D eigenvalue weighted by Gasteiger charge is -1.96. The van der Waals surface area contributed by atoms with Crippen LogP contribution in [0.25, 0.3) is 0 Å². The average molecular weight is 222 g/mol. The van der Waals surface area contributed by atoms with Gasteiger partial charge in [0.25, 0.3) is 0 Å². The van der Waals surface area contributed by atoms with Gasteiger partial charge in [0.1, 0.15) is 12.2 Å². The van der Waals surface area contributed by atoms with Crippen LogP contribution >= 0.6 is 0 Å². The molecule has 2 aromatic rings. The van der Waals surface area contributed by atoms with Gasteiger partial charge in [-0.3, -0.25) is 4.79 Å². The molecular weight excluding hydrogens is 212 g/mol. The van der Waals surface area contributed by atoms with E-state index in [1.54, 1.807) is 19.9 Å². The van der Waals surface area contributed by atoms with Crippen LogP contribution in [0.5, 0.6) is 0 Å². The Kier molecular flexibility index (Phi) is 2.67. The second-order valence-corrected chi connectivity index (χ2v) is 3.28. The Hall–Kier alpha value is -2.18. The minimum atomic E-state index is -0.281. The van der Waals surface area contributed by atoms with Gasteiger partial charge in [0.15, 0.2) is 11.6 Å². The lowest BCUT2D eigenvalue weighted by atomic mass is 10.4. The second kappa shape index (κ2) is 4.13. The Morgan fingerprint density at radius 2 is 2.19 bits per heavy atom. The maximum absolute atomic E-state index is 11.5. The van der Waals surface area contributed by atoms with Gasteiger partial charge in [0.2, 0.25) is 11.8 Å². The first-order valence-electron chi connectivity index (χ1n) is 4.66. The van der Waals surface area contributed by atoms with Crippen LogP contribution in [-0.4, -0.2) is 21.2 Å². The number of carbonyl (C=O) groups is 1. The summed E-state index contributed by atoms with van der Waals surface area (Å²) in [6, 6.07) is 1.62. The van der Waals surface area contributed by atoms with Gasteiger partial charge in [0.05, 0.1) is 0 Å². The SMILES string of the molecule is Cc1noc(CC(=O)Nc2cc(C)on2)n1. The van der Waals surface area contributed by atoms with Gasteiger partial charge in [0, 0.05) is 6.07 Å². The third-order valence-corrected chi connectivity index (χ3v) is 1.78. The molecular formula is C9H10N4O3. The molecule has 84 valence electrons. The van der Waals surface area contributed by atoms with Crippen molar-refractivity contribution < 1.29 is 13.8 Å². The van der Waals surface area contributed by atoms with E-state index in [1.165, 1.54) is 0 Å². The van der Waals surface area contributed by atoms with E-state index in [2.05, 4.69) is 20.6 Å². The molecule has 1 N–H and O–H groups in total. The number of carbonyl (C=O) groups excluding carboxylic acids is 1. The minimum Gasteiger partial charge on any atom is -0.360 e. The Labute approximate surface area is 90.8 Å². The molecule has 0 saturated carbocycles. The third-order valence-electron chi connectivity index (χ3n) is 1.78. The number of rotatable bonds is 3. The summed E-state index contributed by atoms with van der Waals surface area (Å²) in [4.78, 5) is 15.4. The van der Waals surface area contributed by atoms with Gasteiger partial charge >= 0.3 is 0 Å². The van der Waals surface area contributed by atoms with Crippen LogP contribution in [0.4, 0.5) is 5.82 Å². The van der Waals surface area contributed by atoms with Crippen molar-refractivity contribution >= 4 is 11.7 Å². The van der Waals surface area contributed by atoms with Crippen LogP contribution in [0, 0.1) is 13.8 Å². The summed E-state index contributed by atoms with van der Waals surface area (Å²) >= 11 is 0. The fraction of sp³-hybridized carbons (Fsp3) is 0.333. The molecule has 7 heteroatoms. The molecule has 7 nitrogen and oxygen atoms in total. The quantitative estimate of drug-likeness (QED) is 0.827. The Morgan fingerprint density at radius 3 is 2.75 bits per heavy atom. The number of amides is 1. The summed E-state index contributed by atoms with van der Waals surface area (Å²) in [5.41, 5.74) is 0. The normalized spacial score (nSPS) is 10.4. The molecule has 0 fully saturated rings. The van der Waals surface area contributed by atoms with Gasteiger partial charge in [-0.2, -0.15) is 4.98 Å². The van der Waals surface area contributed by atoms with Gasteiger partial charge < -0.3 is 14.4 Å². The molecule has 2 rings (SSSR count). The molecule has 0 spiro atoms. The van der Waals surface area contributed by atoms with Gasteiger partial charge in [-0.25, -0.2) is 0 Å². The largest absolute Gasteiger partial charge is 0.360 e. The minimum absolute atomic E-state index is 0.0206. The molecule has 16 heavy (non-hydrogen) atoms. The smallest absolute Gasteiger partial charge is 0.236 e. The molecule has 2 aromatic heterocycles. The zero-order valence-corrected chi connectivity index (χ0v) is 8.85. The van der Waals surface area contributed by atoms with E-state index in [1.807, 2.05) is 0 Å². The average Bonchev–Trinajstić information content (AvgIpc) is 2.76. The van der Waals surface area contributed by atoms with E-state index < -0.39 is 0 Å². The van der Waals surface area contributed by atoms with Crippen molar-refractivity contribution in [3.63, 3.8) is 0 Å². The predicted molar refractivity (Wildman–Crippen MR) is 52.6 cm³/mol. The highest BCUT2D eigenvalue weighted by Crippen LogP contribution is 2.07. The summed E-state index contributed by atoms with van der Waals surface area (Å²) in [7, 11) is 0. The van der Waals surface area contributed by atoms with Crippen molar-refractivity contribution in [1.82, 2.24) is 15.3 Å². The van der Waals surface area contributed by atoms with Crippen molar-refractivity contribution in [2.75, 3.05) is 5.32 Å². The molecule has 0 bridgehead atoms. The Morgan fingerprint density at radius 1 is 1.38 bits per heavy atom. The van der Waals surface area contributed by atoms with Crippen LogP contribution in [-0.2, 0) is 11.2 Å². The van der Waals surface area contributed by atoms with Crippen LogP contribution in [0.1, 0.15) is 17.5 Å². The highest BCUT2D eigenvalue weighted by Gasteiger charge is 2.11. The first-order valence-corrected chi connectivity index (χ1v) is 4.66. The lowest BCUT2D eigenvalue weighted by Crippen LogP contribution is -2.14. The first-order chi connectivity index (χ1) is 7.63. The summed E-state index contributed by atoms with van der Waals surface area (Å²) in [6.07, 6.45) is 0.0206. The molecule has 0 unspecified atom stereocenters. The van der Waals surface area contributed by atoms with Crippen molar-refractivity contribution in [1.29, 1.82) is 0 Å². The Bertz CT molecular complexity index is 458. The molecule has 0 saturated heterocycles. The molecule has 2 heterocycles. The highest BCUT2D eigenvalue weighted by atomic mass is 16.5. The van der Waals surface area contributed by atoms with Crippen LogP contribution in [0.2, 0.25) is 0 Å². The van der Waals surface area contributed by atoms with Crippen LogP contribution in [0.3, 0.4) is 0 Å². The Balaban J connectivity index is 1.94. The number of nitrogens with one attached hydrogen (secondary N) is 1.